The second kappa shape index (κ2) is 10.9. The zero-order valence-corrected chi connectivity index (χ0v) is 18.9. The van der Waals surface area contributed by atoms with Crippen molar-refractivity contribution in [2.45, 2.75) is 24.8 Å². The van der Waals surface area contributed by atoms with Crippen LogP contribution in [0.4, 0.5) is 0 Å². The lowest BCUT2D eigenvalue weighted by atomic mass is 10.1. The molecule has 1 amide bonds. The van der Waals surface area contributed by atoms with Crippen molar-refractivity contribution in [1.82, 2.24) is 9.80 Å². The molecule has 7 nitrogen and oxygen atoms in total. The Morgan fingerprint density at radius 1 is 1.10 bits per heavy atom. The third-order valence-electron chi connectivity index (χ3n) is 5.35. The van der Waals surface area contributed by atoms with Gasteiger partial charge in [-0.1, -0.05) is 35.9 Å². The minimum atomic E-state index is -3.91. The maximum atomic E-state index is 13.0. The van der Waals surface area contributed by atoms with Gasteiger partial charge in [-0.2, -0.15) is 8.42 Å². The first kappa shape index (κ1) is 23.4. The van der Waals surface area contributed by atoms with Crippen LogP contribution >= 0.6 is 0 Å². The molecular formula is C23H30N2O5S. The Bertz CT molecular complexity index is 970. The molecular weight excluding hydrogens is 416 g/mol. The highest BCUT2D eigenvalue weighted by atomic mass is 32.2. The number of benzene rings is 2. The summed E-state index contributed by atoms with van der Waals surface area (Å²) in [5.74, 6) is -0.145. The summed E-state index contributed by atoms with van der Waals surface area (Å²) in [7, 11) is -2.14. The van der Waals surface area contributed by atoms with Gasteiger partial charge in [0.2, 0.25) is 0 Å². The molecule has 1 fully saturated rings. The number of hydrogen-bond donors (Lipinski definition) is 0. The van der Waals surface area contributed by atoms with Crippen LogP contribution in [0.5, 0.6) is 0 Å². The van der Waals surface area contributed by atoms with Gasteiger partial charge in [-0.3, -0.25) is 13.9 Å². The van der Waals surface area contributed by atoms with Gasteiger partial charge < -0.3 is 9.64 Å². The number of aryl methyl sites for hydroxylation is 1. The maximum absolute atomic E-state index is 13.0. The quantitative estimate of drug-likeness (QED) is 0.552. The lowest BCUT2D eigenvalue weighted by Gasteiger charge is -2.27. The fourth-order valence-electron chi connectivity index (χ4n) is 3.43. The molecule has 0 spiro atoms. The van der Waals surface area contributed by atoms with Crippen LogP contribution in [0.2, 0.25) is 0 Å². The van der Waals surface area contributed by atoms with Gasteiger partial charge in [0.05, 0.1) is 24.7 Å². The molecule has 0 aromatic heterocycles. The maximum Gasteiger partial charge on any atom is 0.297 e. The van der Waals surface area contributed by atoms with E-state index in [-0.39, 0.29) is 17.4 Å². The lowest BCUT2D eigenvalue weighted by Crippen LogP contribution is -2.38. The number of morpholine rings is 1. The fourth-order valence-corrected chi connectivity index (χ4v) is 4.32. The Hall–Kier alpha value is -2.26. The van der Waals surface area contributed by atoms with Gasteiger partial charge in [0.15, 0.2) is 0 Å². The number of carbonyl (C=O) groups excluding carboxylic acids is 1. The molecule has 0 atom stereocenters. The van der Waals surface area contributed by atoms with Crippen LogP contribution in [0.15, 0.2) is 53.4 Å². The summed E-state index contributed by atoms with van der Waals surface area (Å²) < 4.78 is 35.6. The van der Waals surface area contributed by atoms with Crippen LogP contribution < -0.4 is 0 Å². The van der Waals surface area contributed by atoms with Crippen molar-refractivity contribution in [3.63, 3.8) is 0 Å². The van der Waals surface area contributed by atoms with Crippen LogP contribution in [0.1, 0.15) is 27.9 Å². The van der Waals surface area contributed by atoms with Crippen LogP contribution in [-0.4, -0.2) is 70.6 Å². The smallest absolute Gasteiger partial charge is 0.297 e. The van der Waals surface area contributed by atoms with Gasteiger partial charge in [-0.05, 0) is 37.1 Å². The minimum Gasteiger partial charge on any atom is -0.379 e. The van der Waals surface area contributed by atoms with Gasteiger partial charge in [0.25, 0.3) is 16.0 Å². The summed E-state index contributed by atoms with van der Waals surface area (Å²) in [4.78, 5) is 17.1. The number of hydrogen-bond acceptors (Lipinski definition) is 6. The summed E-state index contributed by atoms with van der Waals surface area (Å²) in [6, 6.07) is 13.4. The predicted octanol–water partition coefficient (Wildman–Crippen LogP) is 2.69. The van der Waals surface area contributed by atoms with Crippen molar-refractivity contribution in [3.05, 3.63) is 65.2 Å². The highest BCUT2D eigenvalue weighted by Crippen LogP contribution is 2.18. The van der Waals surface area contributed by atoms with E-state index in [1.54, 1.807) is 48.3 Å². The molecule has 168 valence electrons. The van der Waals surface area contributed by atoms with E-state index < -0.39 is 10.1 Å². The Morgan fingerprint density at radius 2 is 1.77 bits per heavy atom. The Kier molecular flexibility index (Phi) is 8.20. The monoisotopic (exact) mass is 446 g/mol. The molecule has 1 aliphatic rings. The van der Waals surface area contributed by atoms with Crippen molar-refractivity contribution < 1.29 is 22.1 Å². The largest absolute Gasteiger partial charge is 0.379 e. The molecule has 0 aliphatic carbocycles. The van der Waals surface area contributed by atoms with Crippen molar-refractivity contribution in [1.29, 1.82) is 0 Å². The summed E-state index contributed by atoms with van der Waals surface area (Å²) in [6.07, 6.45) is 0.864. The Morgan fingerprint density at radius 3 is 2.48 bits per heavy atom. The van der Waals surface area contributed by atoms with E-state index in [4.69, 9.17) is 8.92 Å². The van der Waals surface area contributed by atoms with Crippen LogP contribution in [0.3, 0.4) is 0 Å². The van der Waals surface area contributed by atoms with E-state index in [9.17, 15) is 13.2 Å². The second-order valence-corrected chi connectivity index (χ2v) is 9.34. The molecule has 0 N–H and O–H groups in total. The summed E-state index contributed by atoms with van der Waals surface area (Å²) in [6.45, 7) is 6.59. The molecule has 2 aromatic carbocycles. The Labute approximate surface area is 184 Å². The normalized spacial score (nSPS) is 15.0. The number of ether oxygens (including phenoxy) is 1. The molecule has 0 saturated carbocycles. The number of rotatable bonds is 9. The van der Waals surface area contributed by atoms with E-state index in [0.717, 1.165) is 44.8 Å². The molecule has 1 heterocycles. The molecule has 1 saturated heterocycles. The van der Waals surface area contributed by atoms with Crippen LogP contribution in [-0.2, 0) is 25.6 Å². The molecule has 0 bridgehead atoms. The van der Waals surface area contributed by atoms with Gasteiger partial charge in [0, 0.05) is 38.8 Å². The average molecular weight is 447 g/mol. The van der Waals surface area contributed by atoms with E-state index in [0.29, 0.717) is 17.7 Å². The average Bonchev–Trinajstić information content (AvgIpc) is 2.78. The molecule has 0 unspecified atom stereocenters. The SMILES string of the molecule is Cc1ccc(S(=O)(=O)OCc2ccccc2C(=O)N(C)CCCN2CCOCC2)cc1. The second-order valence-electron chi connectivity index (χ2n) is 7.72. The first-order valence-electron chi connectivity index (χ1n) is 10.5. The zero-order chi connectivity index (χ0) is 22.3. The topological polar surface area (TPSA) is 76.2 Å². The predicted molar refractivity (Wildman–Crippen MR) is 118 cm³/mol. The minimum absolute atomic E-state index is 0.0992. The molecule has 3 rings (SSSR count). The highest BCUT2D eigenvalue weighted by molar-refractivity contribution is 7.86. The van der Waals surface area contributed by atoms with Crippen LogP contribution in [0, 0.1) is 6.92 Å². The Balaban J connectivity index is 1.59. The summed E-state index contributed by atoms with van der Waals surface area (Å²) in [5.41, 5.74) is 1.96. The van der Waals surface area contributed by atoms with E-state index >= 15 is 0 Å². The third kappa shape index (κ3) is 6.61. The molecule has 8 heteroatoms. The number of nitrogens with zero attached hydrogens (tertiary/aromatic N) is 2. The summed E-state index contributed by atoms with van der Waals surface area (Å²) in [5, 5.41) is 0. The van der Waals surface area contributed by atoms with Crippen molar-refractivity contribution in [2.75, 3.05) is 46.4 Å². The third-order valence-corrected chi connectivity index (χ3v) is 6.62. The number of amides is 1. The fraction of sp³-hybridized carbons (Fsp3) is 0.435. The summed E-state index contributed by atoms with van der Waals surface area (Å²) >= 11 is 0. The van der Waals surface area contributed by atoms with Crippen molar-refractivity contribution in [2.24, 2.45) is 0 Å². The standard InChI is InChI=1S/C23H30N2O5S/c1-19-8-10-21(11-9-19)31(27,28)30-18-20-6-3-4-7-22(20)23(26)24(2)12-5-13-25-14-16-29-17-15-25/h3-4,6-11H,5,12-18H2,1-2H3. The van der Waals surface area contributed by atoms with Crippen molar-refractivity contribution >= 4 is 16.0 Å². The van der Waals surface area contributed by atoms with Crippen LogP contribution in [0.25, 0.3) is 0 Å². The molecule has 31 heavy (non-hydrogen) atoms. The van der Waals surface area contributed by atoms with Gasteiger partial charge >= 0.3 is 0 Å². The van der Waals surface area contributed by atoms with Gasteiger partial charge in [-0.15, -0.1) is 0 Å². The molecule has 1 aliphatic heterocycles. The van der Waals surface area contributed by atoms with Gasteiger partial charge in [0.1, 0.15) is 0 Å². The van der Waals surface area contributed by atoms with Crippen molar-refractivity contribution in [3.8, 4) is 0 Å². The van der Waals surface area contributed by atoms with E-state index in [1.165, 1.54) is 12.1 Å². The molecule has 0 radical (unpaired) electrons. The molecule has 2 aromatic rings. The number of carbonyl (C=O) groups is 1. The van der Waals surface area contributed by atoms with Gasteiger partial charge in [-0.25, -0.2) is 0 Å². The first-order valence-corrected chi connectivity index (χ1v) is 11.9. The first-order chi connectivity index (χ1) is 14.9. The highest BCUT2D eigenvalue weighted by Gasteiger charge is 2.20. The lowest BCUT2D eigenvalue weighted by molar-refractivity contribution is 0.0361. The van der Waals surface area contributed by atoms with E-state index in [1.807, 2.05) is 6.92 Å². The zero-order valence-electron chi connectivity index (χ0n) is 18.1. The van der Waals surface area contributed by atoms with E-state index in [2.05, 4.69) is 4.90 Å².